The van der Waals surface area contributed by atoms with E-state index in [0.717, 1.165) is 5.39 Å². The van der Waals surface area contributed by atoms with Gasteiger partial charge in [0.1, 0.15) is 16.9 Å². The molecule has 8 nitrogen and oxygen atoms in total. The molecule has 1 saturated carbocycles. The first-order valence-corrected chi connectivity index (χ1v) is 9.30. The van der Waals surface area contributed by atoms with E-state index in [1.807, 2.05) is 0 Å². The number of carbonyl (C=O) groups excluding carboxylic acids is 1. The van der Waals surface area contributed by atoms with Crippen molar-refractivity contribution in [3.63, 3.8) is 0 Å². The van der Waals surface area contributed by atoms with E-state index >= 15 is 0 Å². The van der Waals surface area contributed by atoms with Gasteiger partial charge in [-0.05, 0) is 37.1 Å². The summed E-state index contributed by atoms with van der Waals surface area (Å²) in [5.41, 5.74) is -0.178. The van der Waals surface area contributed by atoms with Crippen molar-refractivity contribution in [2.45, 2.75) is 12.8 Å². The lowest BCUT2D eigenvalue weighted by atomic mass is 10.1. The highest BCUT2D eigenvalue weighted by Crippen LogP contribution is 2.47. The van der Waals surface area contributed by atoms with E-state index < -0.39 is 17.3 Å². The quantitative estimate of drug-likeness (QED) is 0.572. The second kappa shape index (κ2) is 7.55. The zero-order valence-electron chi connectivity index (χ0n) is 16.5. The van der Waals surface area contributed by atoms with Crippen LogP contribution in [0.4, 0.5) is 5.69 Å². The number of carboxylic acid groups (broad SMARTS) is 1. The van der Waals surface area contributed by atoms with Crippen LogP contribution in [0.3, 0.4) is 0 Å². The zero-order valence-corrected chi connectivity index (χ0v) is 16.5. The fraction of sp³-hybridized carbons (Fsp3) is 0.227. The number of carboxylic acids is 1. The third kappa shape index (κ3) is 3.47. The standard InChI is InChI=1S/C22H20N2O6/c1-28-18-11-15-16(12-19(18)29-2)23-9-6-17(15)30-14-5-3-4-13(10-14)24-20(25)22(7-8-22)21(26)27/h3-6,9-12H,7-8H2,1-2H3,(H,24,25)(H,26,27). The Morgan fingerprint density at radius 2 is 1.77 bits per heavy atom. The van der Waals surface area contributed by atoms with Crippen LogP contribution < -0.4 is 19.5 Å². The molecule has 0 bridgehead atoms. The number of amides is 1. The molecule has 2 N–H and O–H groups in total. The van der Waals surface area contributed by atoms with Crippen LogP contribution in [0.25, 0.3) is 10.9 Å². The number of benzene rings is 2. The Hall–Kier alpha value is -3.81. The number of rotatable bonds is 7. The molecule has 154 valence electrons. The summed E-state index contributed by atoms with van der Waals surface area (Å²) in [5, 5.41) is 12.7. The van der Waals surface area contributed by atoms with Crippen LogP contribution >= 0.6 is 0 Å². The van der Waals surface area contributed by atoms with Gasteiger partial charge in [0, 0.05) is 29.4 Å². The van der Waals surface area contributed by atoms with Gasteiger partial charge in [-0.25, -0.2) is 0 Å². The number of aliphatic carboxylic acids is 1. The van der Waals surface area contributed by atoms with Crippen molar-refractivity contribution in [1.82, 2.24) is 4.98 Å². The monoisotopic (exact) mass is 408 g/mol. The maximum atomic E-state index is 12.3. The molecular weight excluding hydrogens is 388 g/mol. The van der Waals surface area contributed by atoms with Crippen LogP contribution in [0.5, 0.6) is 23.0 Å². The number of nitrogens with zero attached hydrogens (tertiary/aromatic N) is 1. The van der Waals surface area contributed by atoms with Crippen molar-refractivity contribution in [3.8, 4) is 23.0 Å². The van der Waals surface area contributed by atoms with E-state index in [1.165, 1.54) is 0 Å². The van der Waals surface area contributed by atoms with Crippen LogP contribution in [0.2, 0.25) is 0 Å². The van der Waals surface area contributed by atoms with Crippen LogP contribution in [0, 0.1) is 5.41 Å². The van der Waals surface area contributed by atoms with Crippen LogP contribution in [0.15, 0.2) is 48.7 Å². The summed E-state index contributed by atoms with van der Waals surface area (Å²) in [7, 11) is 3.11. The summed E-state index contributed by atoms with van der Waals surface area (Å²) in [6.45, 7) is 0. The number of fused-ring (bicyclic) bond motifs is 1. The summed E-state index contributed by atoms with van der Waals surface area (Å²) >= 11 is 0. The van der Waals surface area contributed by atoms with E-state index in [0.29, 0.717) is 47.0 Å². The molecule has 3 aromatic rings. The zero-order chi connectivity index (χ0) is 21.3. The minimum absolute atomic E-state index is 0.346. The number of pyridine rings is 1. The van der Waals surface area contributed by atoms with E-state index in [-0.39, 0.29) is 0 Å². The molecule has 0 spiro atoms. The topological polar surface area (TPSA) is 107 Å². The summed E-state index contributed by atoms with van der Waals surface area (Å²) in [6, 6.07) is 12.1. The molecule has 0 atom stereocenters. The number of carbonyl (C=O) groups is 2. The van der Waals surface area contributed by atoms with Gasteiger partial charge in [-0.15, -0.1) is 0 Å². The van der Waals surface area contributed by atoms with Crippen molar-refractivity contribution < 1.29 is 28.9 Å². The maximum Gasteiger partial charge on any atom is 0.319 e. The number of nitrogens with one attached hydrogen (secondary N) is 1. The number of hydrogen-bond acceptors (Lipinski definition) is 6. The highest BCUT2D eigenvalue weighted by atomic mass is 16.5. The predicted molar refractivity (Wildman–Crippen MR) is 109 cm³/mol. The molecule has 1 aliphatic carbocycles. The minimum atomic E-state index is -1.31. The fourth-order valence-electron chi connectivity index (χ4n) is 3.21. The van der Waals surface area contributed by atoms with Gasteiger partial charge in [0.15, 0.2) is 11.5 Å². The van der Waals surface area contributed by atoms with Gasteiger partial charge in [-0.1, -0.05) is 6.07 Å². The maximum absolute atomic E-state index is 12.3. The van der Waals surface area contributed by atoms with Crippen molar-refractivity contribution in [1.29, 1.82) is 0 Å². The average molecular weight is 408 g/mol. The molecule has 1 amide bonds. The van der Waals surface area contributed by atoms with Gasteiger partial charge in [-0.3, -0.25) is 14.6 Å². The molecular formula is C22H20N2O6. The Bertz CT molecular complexity index is 1140. The molecule has 0 saturated heterocycles. The van der Waals surface area contributed by atoms with Gasteiger partial charge < -0.3 is 24.6 Å². The average Bonchev–Trinajstić information content (AvgIpc) is 3.55. The first-order valence-electron chi connectivity index (χ1n) is 9.30. The summed E-state index contributed by atoms with van der Waals surface area (Å²) < 4.78 is 16.7. The SMILES string of the molecule is COc1cc2nccc(Oc3cccc(NC(=O)C4(C(=O)O)CC4)c3)c2cc1OC. The molecule has 0 aliphatic heterocycles. The van der Waals surface area contributed by atoms with Gasteiger partial charge >= 0.3 is 5.97 Å². The molecule has 1 fully saturated rings. The Morgan fingerprint density at radius 1 is 1.03 bits per heavy atom. The van der Waals surface area contributed by atoms with Crippen LogP contribution in [-0.2, 0) is 9.59 Å². The summed E-state index contributed by atoms with van der Waals surface area (Å²) in [4.78, 5) is 28.0. The van der Waals surface area contributed by atoms with Gasteiger partial charge in [0.05, 0.1) is 19.7 Å². The second-order valence-corrected chi connectivity index (χ2v) is 7.00. The number of methoxy groups -OCH3 is 2. The smallest absolute Gasteiger partial charge is 0.319 e. The molecule has 30 heavy (non-hydrogen) atoms. The number of anilines is 1. The van der Waals surface area contributed by atoms with E-state index in [9.17, 15) is 14.7 Å². The number of ether oxygens (including phenoxy) is 3. The highest BCUT2D eigenvalue weighted by Gasteiger charge is 2.57. The predicted octanol–water partition coefficient (Wildman–Crippen LogP) is 3.85. The van der Waals surface area contributed by atoms with E-state index in [1.54, 1.807) is 62.9 Å². The lowest BCUT2D eigenvalue weighted by molar-refractivity contribution is -0.147. The third-order valence-corrected chi connectivity index (χ3v) is 5.12. The van der Waals surface area contributed by atoms with Gasteiger partial charge in [-0.2, -0.15) is 0 Å². The first-order chi connectivity index (χ1) is 14.5. The minimum Gasteiger partial charge on any atom is -0.493 e. The summed E-state index contributed by atoms with van der Waals surface area (Å²) in [6.07, 6.45) is 2.32. The molecule has 0 unspecified atom stereocenters. The third-order valence-electron chi connectivity index (χ3n) is 5.12. The highest BCUT2D eigenvalue weighted by molar-refractivity contribution is 6.10. The Morgan fingerprint density at radius 3 is 2.43 bits per heavy atom. The Balaban J connectivity index is 1.61. The van der Waals surface area contributed by atoms with Gasteiger partial charge in [0.25, 0.3) is 0 Å². The second-order valence-electron chi connectivity index (χ2n) is 7.00. The Labute approximate surface area is 172 Å². The first kappa shape index (κ1) is 19.5. The van der Waals surface area contributed by atoms with E-state index in [4.69, 9.17) is 14.2 Å². The molecule has 0 radical (unpaired) electrons. The molecule has 1 aromatic heterocycles. The molecule has 4 rings (SSSR count). The summed E-state index contributed by atoms with van der Waals surface area (Å²) in [5.74, 6) is 0.529. The number of hydrogen-bond donors (Lipinski definition) is 2. The van der Waals surface area contributed by atoms with Crippen LogP contribution in [-0.4, -0.2) is 36.2 Å². The van der Waals surface area contributed by atoms with Crippen LogP contribution in [0.1, 0.15) is 12.8 Å². The Kier molecular flexibility index (Phi) is 4.91. The molecule has 8 heteroatoms. The lowest BCUT2D eigenvalue weighted by Gasteiger charge is -2.14. The number of aromatic nitrogens is 1. The van der Waals surface area contributed by atoms with Crippen molar-refractivity contribution in [2.24, 2.45) is 5.41 Å². The van der Waals surface area contributed by atoms with Crippen molar-refractivity contribution in [2.75, 3.05) is 19.5 Å². The van der Waals surface area contributed by atoms with Crippen molar-refractivity contribution >= 4 is 28.5 Å². The molecule has 1 aliphatic rings. The normalized spacial score (nSPS) is 14.1. The molecule has 1 heterocycles. The van der Waals surface area contributed by atoms with Crippen molar-refractivity contribution in [3.05, 3.63) is 48.7 Å². The fourth-order valence-corrected chi connectivity index (χ4v) is 3.21. The van der Waals surface area contributed by atoms with Gasteiger partial charge in [0.2, 0.25) is 5.91 Å². The lowest BCUT2D eigenvalue weighted by Crippen LogP contribution is -2.31. The largest absolute Gasteiger partial charge is 0.493 e. The van der Waals surface area contributed by atoms with E-state index in [2.05, 4.69) is 10.3 Å². The molecule has 2 aromatic carbocycles.